The van der Waals surface area contributed by atoms with E-state index in [1.807, 2.05) is 6.92 Å². The maximum atomic E-state index is 5.75. The highest BCUT2D eigenvalue weighted by Crippen LogP contribution is 2.25. The van der Waals surface area contributed by atoms with E-state index in [0.29, 0.717) is 11.9 Å². The second kappa shape index (κ2) is 6.18. The summed E-state index contributed by atoms with van der Waals surface area (Å²) < 4.78 is 5.75. The smallest absolute Gasteiger partial charge is 0.318 e. The molecule has 0 spiro atoms. The predicted molar refractivity (Wildman–Crippen MR) is 71.6 cm³/mol. The summed E-state index contributed by atoms with van der Waals surface area (Å²) in [4.78, 5) is 2.21. The molecular weight excluding hydrogens is 228 g/mol. The normalized spacial score (nSPS) is 19.2. The molecule has 1 fully saturated rings. The van der Waals surface area contributed by atoms with Crippen LogP contribution in [0.5, 0.6) is 0 Å². The lowest BCUT2D eigenvalue weighted by Crippen LogP contribution is -2.33. The maximum absolute atomic E-state index is 5.75. The van der Waals surface area contributed by atoms with Gasteiger partial charge in [0.2, 0.25) is 5.89 Å². The molecule has 1 aromatic heterocycles. The van der Waals surface area contributed by atoms with Crippen molar-refractivity contribution in [2.24, 2.45) is 5.92 Å². The zero-order valence-electron chi connectivity index (χ0n) is 11.6. The molecule has 1 aromatic rings. The number of piperidine rings is 1. The van der Waals surface area contributed by atoms with Gasteiger partial charge in [0.25, 0.3) is 0 Å². The Hall–Kier alpha value is -1.10. The fraction of sp³-hybridized carbons (Fsp3) is 0.846. The van der Waals surface area contributed by atoms with Crippen LogP contribution in [0.25, 0.3) is 0 Å². The van der Waals surface area contributed by atoms with Crippen molar-refractivity contribution >= 4 is 6.01 Å². The Bertz CT molecular complexity index is 358. The molecule has 0 saturated carbocycles. The van der Waals surface area contributed by atoms with Gasteiger partial charge in [0.05, 0.1) is 6.04 Å². The zero-order valence-corrected chi connectivity index (χ0v) is 11.6. The van der Waals surface area contributed by atoms with Gasteiger partial charge in [-0.05, 0) is 32.2 Å². The van der Waals surface area contributed by atoms with Crippen molar-refractivity contribution in [2.75, 3.05) is 24.5 Å². The molecule has 1 N–H and O–H groups in total. The van der Waals surface area contributed by atoms with Crippen LogP contribution < -0.4 is 10.2 Å². The van der Waals surface area contributed by atoms with Gasteiger partial charge in [-0.3, -0.25) is 0 Å². The molecule has 0 aromatic carbocycles. The molecule has 1 aliphatic rings. The molecule has 5 nitrogen and oxygen atoms in total. The minimum Gasteiger partial charge on any atom is -0.406 e. The first-order valence-corrected chi connectivity index (χ1v) is 7.06. The van der Waals surface area contributed by atoms with Gasteiger partial charge in [0, 0.05) is 13.1 Å². The highest BCUT2D eigenvalue weighted by Gasteiger charge is 2.22. The first-order chi connectivity index (χ1) is 8.74. The predicted octanol–water partition coefficient (Wildman–Crippen LogP) is 2.37. The lowest BCUT2D eigenvalue weighted by molar-refractivity contribution is 0.367. The van der Waals surface area contributed by atoms with Crippen LogP contribution >= 0.6 is 0 Å². The summed E-state index contributed by atoms with van der Waals surface area (Å²) in [6.07, 6.45) is 3.74. The molecule has 18 heavy (non-hydrogen) atoms. The number of rotatable bonds is 5. The summed E-state index contributed by atoms with van der Waals surface area (Å²) in [5, 5.41) is 11.6. The number of nitrogens with zero attached hydrogens (tertiary/aromatic N) is 3. The Labute approximate surface area is 109 Å². The van der Waals surface area contributed by atoms with Gasteiger partial charge in [-0.1, -0.05) is 25.4 Å². The average Bonchev–Trinajstić information content (AvgIpc) is 2.89. The molecule has 102 valence electrons. The van der Waals surface area contributed by atoms with Gasteiger partial charge in [0.15, 0.2) is 0 Å². The number of hydrogen-bond donors (Lipinski definition) is 1. The van der Waals surface area contributed by atoms with E-state index in [1.165, 1.54) is 19.3 Å². The third kappa shape index (κ3) is 3.02. The van der Waals surface area contributed by atoms with E-state index in [1.54, 1.807) is 0 Å². The molecule has 0 amide bonds. The maximum Gasteiger partial charge on any atom is 0.318 e. The molecule has 1 atom stereocenters. The topological polar surface area (TPSA) is 54.2 Å². The summed E-state index contributed by atoms with van der Waals surface area (Å²) in [6, 6.07) is 0.814. The summed E-state index contributed by atoms with van der Waals surface area (Å²) in [6.45, 7) is 9.36. The minimum absolute atomic E-state index is 0.129. The molecule has 1 unspecified atom stereocenters. The van der Waals surface area contributed by atoms with Crippen LogP contribution in [0, 0.1) is 5.92 Å². The van der Waals surface area contributed by atoms with Crippen molar-refractivity contribution in [1.82, 2.24) is 15.5 Å². The van der Waals surface area contributed by atoms with Crippen molar-refractivity contribution in [3.05, 3.63) is 5.89 Å². The molecule has 1 aliphatic heterocycles. The van der Waals surface area contributed by atoms with Gasteiger partial charge in [-0.25, -0.2) is 0 Å². The zero-order chi connectivity index (χ0) is 13.0. The third-order valence-electron chi connectivity index (χ3n) is 3.77. The first-order valence-electron chi connectivity index (χ1n) is 7.06. The van der Waals surface area contributed by atoms with Crippen LogP contribution in [0.2, 0.25) is 0 Å². The molecule has 2 rings (SSSR count). The Kier molecular flexibility index (Phi) is 4.58. The standard InChI is InChI=1S/C13H24N4O/c1-4-11-6-8-17(9-7-11)13-16-15-12(18-13)10(3)14-5-2/h10-11,14H,4-9H2,1-3H3. The summed E-state index contributed by atoms with van der Waals surface area (Å²) in [5.74, 6) is 1.55. The van der Waals surface area contributed by atoms with E-state index in [0.717, 1.165) is 25.6 Å². The lowest BCUT2D eigenvalue weighted by atomic mass is 9.95. The van der Waals surface area contributed by atoms with Crippen molar-refractivity contribution in [2.45, 2.75) is 46.1 Å². The number of nitrogens with one attached hydrogen (secondary N) is 1. The summed E-state index contributed by atoms with van der Waals surface area (Å²) in [5.41, 5.74) is 0. The van der Waals surface area contributed by atoms with Crippen molar-refractivity contribution in [1.29, 1.82) is 0 Å². The van der Waals surface area contributed by atoms with E-state index in [2.05, 4.69) is 34.3 Å². The molecule has 1 saturated heterocycles. The van der Waals surface area contributed by atoms with Crippen molar-refractivity contribution in [3.63, 3.8) is 0 Å². The van der Waals surface area contributed by atoms with Gasteiger partial charge >= 0.3 is 6.01 Å². The molecular formula is C13H24N4O. The number of aromatic nitrogens is 2. The second-order valence-corrected chi connectivity index (χ2v) is 5.04. The summed E-state index contributed by atoms with van der Waals surface area (Å²) in [7, 11) is 0. The van der Waals surface area contributed by atoms with Crippen LogP contribution in [0.3, 0.4) is 0 Å². The molecule has 0 bridgehead atoms. The van der Waals surface area contributed by atoms with Crippen molar-refractivity contribution in [3.8, 4) is 0 Å². The summed E-state index contributed by atoms with van der Waals surface area (Å²) >= 11 is 0. The Morgan fingerprint density at radius 1 is 1.33 bits per heavy atom. The Balaban J connectivity index is 1.94. The van der Waals surface area contributed by atoms with Gasteiger partial charge in [-0.15, -0.1) is 5.10 Å². The highest BCUT2D eigenvalue weighted by atomic mass is 16.4. The van der Waals surface area contributed by atoms with Crippen LogP contribution in [0.15, 0.2) is 4.42 Å². The SMILES string of the molecule is CCNC(C)c1nnc(N2CCC(CC)CC2)o1. The van der Waals surface area contributed by atoms with Crippen LogP contribution in [-0.2, 0) is 0 Å². The van der Waals surface area contributed by atoms with Crippen molar-refractivity contribution < 1.29 is 4.42 Å². The van der Waals surface area contributed by atoms with Crippen LogP contribution in [-0.4, -0.2) is 29.8 Å². The fourth-order valence-electron chi connectivity index (χ4n) is 2.46. The number of anilines is 1. The lowest BCUT2D eigenvalue weighted by Gasteiger charge is -2.29. The quantitative estimate of drug-likeness (QED) is 0.872. The van der Waals surface area contributed by atoms with Crippen LogP contribution in [0.1, 0.15) is 52.0 Å². The minimum atomic E-state index is 0.129. The largest absolute Gasteiger partial charge is 0.406 e. The molecule has 0 aliphatic carbocycles. The second-order valence-electron chi connectivity index (χ2n) is 5.04. The monoisotopic (exact) mass is 252 g/mol. The van der Waals surface area contributed by atoms with E-state index in [-0.39, 0.29) is 6.04 Å². The van der Waals surface area contributed by atoms with E-state index in [4.69, 9.17) is 4.42 Å². The Morgan fingerprint density at radius 3 is 2.67 bits per heavy atom. The van der Waals surface area contributed by atoms with Gasteiger partial charge < -0.3 is 14.6 Å². The highest BCUT2D eigenvalue weighted by molar-refractivity contribution is 5.25. The van der Waals surface area contributed by atoms with E-state index < -0.39 is 0 Å². The van der Waals surface area contributed by atoms with Gasteiger partial charge in [0.1, 0.15) is 0 Å². The molecule has 0 radical (unpaired) electrons. The van der Waals surface area contributed by atoms with E-state index >= 15 is 0 Å². The first kappa shape index (κ1) is 13.3. The fourth-order valence-corrected chi connectivity index (χ4v) is 2.46. The number of hydrogen-bond acceptors (Lipinski definition) is 5. The van der Waals surface area contributed by atoms with E-state index in [9.17, 15) is 0 Å². The third-order valence-corrected chi connectivity index (χ3v) is 3.77. The Morgan fingerprint density at radius 2 is 2.06 bits per heavy atom. The molecule has 5 heteroatoms. The molecule has 2 heterocycles. The van der Waals surface area contributed by atoms with Crippen LogP contribution in [0.4, 0.5) is 6.01 Å². The average molecular weight is 252 g/mol. The van der Waals surface area contributed by atoms with Gasteiger partial charge in [-0.2, -0.15) is 0 Å².